The Morgan fingerprint density at radius 2 is 2.21 bits per heavy atom. The van der Waals surface area contributed by atoms with Crippen LogP contribution in [0.3, 0.4) is 0 Å². The van der Waals surface area contributed by atoms with E-state index in [0.29, 0.717) is 17.6 Å². The van der Waals surface area contributed by atoms with E-state index in [-0.39, 0.29) is 24.9 Å². The molecule has 0 amide bonds. The van der Waals surface area contributed by atoms with Gasteiger partial charge >= 0.3 is 5.97 Å². The van der Waals surface area contributed by atoms with Crippen LogP contribution in [0, 0.1) is 18.7 Å². The monoisotopic (exact) mass is 266 g/mol. The number of hydrogen-bond acceptors (Lipinski definition) is 3. The Balaban J connectivity index is 2.69. The Hall–Kier alpha value is -1.68. The molecule has 3 nitrogen and oxygen atoms in total. The summed E-state index contributed by atoms with van der Waals surface area (Å²) in [5.41, 5.74) is 1.86. The van der Waals surface area contributed by atoms with Crippen molar-refractivity contribution in [2.75, 3.05) is 13.2 Å². The SMILES string of the molecule is C=C(C[C@@H](CO)COC(C)=O)c1ccc(C)cc1F. The van der Waals surface area contributed by atoms with Crippen molar-refractivity contribution < 1.29 is 19.0 Å². The van der Waals surface area contributed by atoms with Gasteiger partial charge in [-0.3, -0.25) is 4.79 Å². The molecule has 0 spiro atoms. The number of rotatable bonds is 6. The predicted molar refractivity (Wildman–Crippen MR) is 72.0 cm³/mol. The summed E-state index contributed by atoms with van der Waals surface area (Å²) in [6, 6.07) is 4.93. The van der Waals surface area contributed by atoms with Crippen LogP contribution in [-0.2, 0) is 9.53 Å². The molecule has 1 atom stereocenters. The highest BCUT2D eigenvalue weighted by Gasteiger charge is 2.14. The van der Waals surface area contributed by atoms with Crippen LogP contribution in [0.5, 0.6) is 0 Å². The number of benzene rings is 1. The summed E-state index contributed by atoms with van der Waals surface area (Å²) >= 11 is 0. The largest absolute Gasteiger partial charge is 0.465 e. The third-order valence-electron chi connectivity index (χ3n) is 2.82. The van der Waals surface area contributed by atoms with Gasteiger partial charge in [-0.25, -0.2) is 4.39 Å². The minimum absolute atomic E-state index is 0.109. The molecule has 19 heavy (non-hydrogen) atoms. The smallest absolute Gasteiger partial charge is 0.302 e. The molecule has 0 unspecified atom stereocenters. The van der Waals surface area contributed by atoms with Gasteiger partial charge < -0.3 is 9.84 Å². The van der Waals surface area contributed by atoms with E-state index >= 15 is 0 Å². The van der Waals surface area contributed by atoms with E-state index in [4.69, 9.17) is 4.74 Å². The van der Waals surface area contributed by atoms with Crippen LogP contribution >= 0.6 is 0 Å². The highest BCUT2D eigenvalue weighted by atomic mass is 19.1. The van der Waals surface area contributed by atoms with Gasteiger partial charge in [-0.15, -0.1) is 0 Å². The number of carbonyl (C=O) groups excluding carboxylic acids is 1. The van der Waals surface area contributed by atoms with Crippen molar-refractivity contribution in [3.05, 3.63) is 41.7 Å². The molecule has 104 valence electrons. The van der Waals surface area contributed by atoms with Gasteiger partial charge in [0.15, 0.2) is 0 Å². The van der Waals surface area contributed by atoms with E-state index < -0.39 is 5.97 Å². The number of aliphatic hydroxyl groups excluding tert-OH is 1. The molecule has 0 aromatic heterocycles. The minimum atomic E-state index is -0.398. The lowest BCUT2D eigenvalue weighted by Gasteiger charge is -2.16. The van der Waals surface area contributed by atoms with E-state index in [1.54, 1.807) is 6.07 Å². The fourth-order valence-electron chi connectivity index (χ4n) is 1.78. The lowest BCUT2D eigenvalue weighted by atomic mass is 9.95. The molecule has 0 heterocycles. The van der Waals surface area contributed by atoms with Crippen LogP contribution in [0.4, 0.5) is 4.39 Å². The number of carbonyl (C=O) groups is 1. The molecule has 1 aromatic rings. The highest BCUT2D eigenvalue weighted by Crippen LogP contribution is 2.24. The first kappa shape index (κ1) is 15.4. The molecule has 0 saturated carbocycles. The third kappa shape index (κ3) is 4.83. The van der Waals surface area contributed by atoms with Crippen molar-refractivity contribution in [3.63, 3.8) is 0 Å². The number of allylic oxidation sites excluding steroid dienone is 1. The van der Waals surface area contributed by atoms with Gasteiger partial charge in [0.2, 0.25) is 0 Å². The van der Waals surface area contributed by atoms with Crippen molar-refractivity contribution in [1.29, 1.82) is 0 Å². The van der Waals surface area contributed by atoms with Crippen molar-refractivity contribution in [2.24, 2.45) is 5.92 Å². The zero-order valence-corrected chi connectivity index (χ0v) is 11.3. The first-order valence-electron chi connectivity index (χ1n) is 6.12. The lowest BCUT2D eigenvalue weighted by Crippen LogP contribution is -2.16. The maximum atomic E-state index is 13.8. The van der Waals surface area contributed by atoms with E-state index in [0.717, 1.165) is 5.56 Å². The first-order valence-corrected chi connectivity index (χ1v) is 6.12. The molecule has 0 aliphatic rings. The number of esters is 1. The summed E-state index contributed by atoms with van der Waals surface area (Å²) in [7, 11) is 0. The number of ether oxygens (including phenoxy) is 1. The van der Waals surface area contributed by atoms with Gasteiger partial charge in [0.1, 0.15) is 5.82 Å². The average molecular weight is 266 g/mol. The Morgan fingerprint density at radius 3 is 2.74 bits per heavy atom. The molecule has 0 fully saturated rings. The number of hydrogen-bond donors (Lipinski definition) is 1. The first-order chi connectivity index (χ1) is 8.93. The van der Waals surface area contributed by atoms with Gasteiger partial charge in [0.05, 0.1) is 6.61 Å². The van der Waals surface area contributed by atoms with Crippen molar-refractivity contribution in [2.45, 2.75) is 20.3 Å². The summed E-state index contributed by atoms with van der Waals surface area (Å²) in [6.45, 7) is 6.93. The van der Waals surface area contributed by atoms with Crippen molar-refractivity contribution in [3.8, 4) is 0 Å². The van der Waals surface area contributed by atoms with Crippen molar-refractivity contribution in [1.82, 2.24) is 0 Å². The maximum absolute atomic E-state index is 13.8. The molecular formula is C15H19FO3. The fourth-order valence-corrected chi connectivity index (χ4v) is 1.78. The third-order valence-corrected chi connectivity index (χ3v) is 2.82. The highest BCUT2D eigenvalue weighted by molar-refractivity contribution is 5.66. The van der Waals surface area contributed by atoms with Gasteiger partial charge in [0, 0.05) is 25.0 Å². The number of aryl methyl sites for hydroxylation is 1. The van der Waals surface area contributed by atoms with Crippen molar-refractivity contribution >= 4 is 11.5 Å². The van der Waals surface area contributed by atoms with Gasteiger partial charge in [-0.2, -0.15) is 0 Å². The summed E-state index contributed by atoms with van der Waals surface area (Å²) in [5, 5.41) is 9.22. The second kappa shape index (κ2) is 7.04. The Kier molecular flexibility index (Phi) is 5.70. The summed E-state index contributed by atoms with van der Waals surface area (Å²) < 4.78 is 18.6. The molecular weight excluding hydrogens is 247 g/mol. The summed E-state index contributed by atoms with van der Waals surface area (Å²) in [4.78, 5) is 10.7. The number of aliphatic hydroxyl groups is 1. The average Bonchev–Trinajstić information content (AvgIpc) is 2.33. The van der Waals surface area contributed by atoms with Crippen LogP contribution in [0.25, 0.3) is 5.57 Å². The standard InChI is InChI=1S/C15H19FO3/c1-10-4-5-14(15(16)6-10)11(2)7-13(8-17)9-19-12(3)18/h4-6,13,17H,2,7-9H2,1,3H3/t13-/m0/s1. The molecule has 4 heteroatoms. The second-order valence-electron chi connectivity index (χ2n) is 4.64. The quantitative estimate of drug-likeness (QED) is 0.805. The molecule has 0 bridgehead atoms. The topological polar surface area (TPSA) is 46.5 Å². The zero-order chi connectivity index (χ0) is 14.4. The minimum Gasteiger partial charge on any atom is -0.465 e. The van der Waals surface area contributed by atoms with Crippen LogP contribution in [0.15, 0.2) is 24.8 Å². The molecule has 0 radical (unpaired) electrons. The lowest BCUT2D eigenvalue weighted by molar-refractivity contribution is -0.142. The van der Waals surface area contributed by atoms with Gasteiger partial charge in [-0.05, 0) is 30.5 Å². The predicted octanol–water partition coefficient (Wildman–Crippen LogP) is 2.71. The summed E-state index contributed by atoms with van der Waals surface area (Å²) in [5.74, 6) is -0.989. The molecule has 1 aromatic carbocycles. The molecule has 0 aliphatic carbocycles. The van der Waals surface area contributed by atoms with E-state index in [2.05, 4.69) is 6.58 Å². The van der Waals surface area contributed by atoms with Gasteiger partial charge in [0.25, 0.3) is 0 Å². The number of halogens is 1. The molecule has 0 saturated heterocycles. The van der Waals surface area contributed by atoms with E-state index in [1.807, 2.05) is 13.0 Å². The molecule has 1 rings (SSSR count). The zero-order valence-electron chi connectivity index (χ0n) is 11.3. The molecule has 0 aliphatic heterocycles. The van der Waals surface area contributed by atoms with Crippen LogP contribution in [-0.4, -0.2) is 24.3 Å². The Morgan fingerprint density at radius 1 is 1.53 bits per heavy atom. The van der Waals surface area contributed by atoms with E-state index in [9.17, 15) is 14.3 Å². The van der Waals surface area contributed by atoms with E-state index in [1.165, 1.54) is 13.0 Å². The second-order valence-corrected chi connectivity index (χ2v) is 4.64. The van der Waals surface area contributed by atoms with Crippen LogP contribution in [0.1, 0.15) is 24.5 Å². The Labute approximate surface area is 112 Å². The summed E-state index contributed by atoms with van der Waals surface area (Å²) in [6.07, 6.45) is 0.379. The normalized spacial score (nSPS) is 12.0. The fraction of sp³-hybridized carbons (Fsp3) is 0.400. The maximum Gasteiger partial charge on any atom is 0.302 e. The molecule has 1 N–H and O–H groups in total. The van der Waals surface area contributed by atoms with Gasteiger partial charge in [-0.1, -0.05) is 18.7 Å². The van der Waals surface area contributed by atoms with Crippen LogP contribution in [0.2, 0.25) is 0 Å². The van der Waals surface area contributed by atoms with Crippen LogP contribution < -0.4 is 0 Å². The Bertz CT molecular complexity index is 468.